The van der Waals surface area contributed by atoms with Gasteiger partial charge in [-0.2, -0.15) is 0 Å². The maximum absolute atomic E-state index is 13.7. The first-order chi connectivity index (χ1) is 16.9. The highest BCUT2D eigenvalue weighted by molar-refractivity contribution is 7.22. The Balaban J connectivity index is 1.69. The topological polar surface area (TPSA) is 92.0 Å². The Labute approximate surface area is 206 Å². The molecule has 1 aliphatic heterocycles. The van der Waals surface area contributed by atoms with Crippen LogP contribution < -0.4 is 9.80 Å². The Kier molecular flexibility index (Phi) is 7.89. The van der Waals surface area contributed by atoms with Gasteiger partial charge in [0.25, 0.3) is 11.6 Å². The van der Waals surface area contributed by atoms with Crippen molar-refractivity contribution in [3.05, 3.63) is 57.9 Å². The SMILES string of the molecule is CCN(CC)CCN(C(=O)c1ccc(N2CCOCC2)c([N+](=O)[O-])c1)c1nc2ccc(F)cc2s1. The number of carbonyl (C=O) groups excluding carboxylic acids is 1. The molecular formula is C24H28FN5O4S. The molecule has 35 heavy (non-hydrogen) atoms. The van der Waals surface area contributed by atoms with Crippen LogP contribution in [0.25, 0.3) is 10.2 Å². The van der Waals surface area contributed by atoms with Crippen LogP contribution in [0.1, 0.15) is 24.2 Å². The predicted octanol–water partition coefficient (Wildman–Crippen LogP) is 4.17. The zero-order valence-corrected chi connectivity index (χ0v) is 20.6. The normalized spacial score (nSPS) is 14.0. The number of nitro groups is 1. The van der Waals surface area contributed by atoms with Crippen LogP contribution in [0.2, 0.25) is 0 Å². The van der Waals surface area contributed by atoms with E-state index in [1.165, 1.54) is 34.4 Å². The first kappa shape index (κ1) is 25.0. The van der Waals surface area contributed by atoms with E-state index in [1.54, 1.807) is 18.2 Å². The fourth-order valence-electron chi connectivity index (χ4n) is 4.10. The van der Waals surface area contributed by atoms with E-state index in [0.717, 1.165) is 13.1 Å². The molecule has 0 spiro atoms. The second-order valence-corrected chi connectivity index (χ2v) is 9.16. The lowest BCUT2D eigenvalue weighted by molar-refractivity contribution is -0.384. The molecule has 4 rings (SSSR count). The van der Waals surface area contributed by atoms with E-state index in [0.29, 0.717) is 60.4 Å². The van der Waals surface area contributed by atoms with Crippen molar-refractivity contribution < 1.29 is 18.8 Å². The van der Waals surface area contributed by atoms with Gasteiger partial charge in [-0.25, -0.2) is 9.37 Å². The van der Waals surface area contributed by atoms with E-state index >= 15 is 0 Å². The summed E-state index contributed by atoms with van der Waals surface area (Å²) in [7, 11) is 0. The second kappa shape index (κ2) is 11.1. The van der Waals surface area contributed by atoms with E-state index in [1.807, 2.05) is 18.7 Å². The van der Waals surface area contributed by atoms with Crippen LogP contribution >= 0.6 is 11.3 Å². The molecule has 1 aromatic heterocycles. The fraction of sp³-hybridized carbons (Fsp3) is 0.417. The fourth-order valence-corrected chi connectivity index (χ4v) is 5.11. The van der Waals surface area contributed by atoms with Crippen LogP contribution in [0.4, 0.5) is 20.9 Å². The number of anilines is 2. The smallest absolute Gasteiger partial charge is 0.293 e. The van der Waals surface area contributed by atoms with Crippen molar-refractivity contribution in [3.8, 4) is 0 Å². The lowest BCUT2D eigenvalue weighted by Crippen LogP contribution is -2.39. The van der Waals surface area contributed by atoms with Crippen LogP contribution in [0, 0.1) is 15.9 Å². The molecule has 2 aromatic carbocycles. The molecule has 1 aliphatic rings. The van der Waals surface area contributed by atoms with Crippen LogP contribution in [-0.2, 0) is 4.74 Å². The largest absolute Gasteiger partial charge is 0.378 e. The molecular weight excluding hydrogens is 473 g/mol. The minimum Gasteiger partial charge on any atom is -0.378 e. The third-order valence-corrected chi connectivity index (χ3v) is 7.16. The number of likely N-dealkylation sites (N-methyl/N-ethyl adjacent to an activating group) is 1. The average molecular weight is 502 g/mol. The molecule has 0 saturated carbocycles. The molecule has 186 valence electrons. The standard InChI is InChI=1S/C24H28FN5O4S/c1-3-27(4-2)9-10-29(24-26-19-7-6-18(25)16-22(19)35-24)23(31)17-5-8-20(21(15-17)30(32)33)28-11-13-34-14-12-28/h5-8,15-16H,3-4,9-14H2,1-2H3. The summed E-state index contributed by atoms with van der Waals surface area (Å²) < 4.78 is 19.7. The molecule has 0 N–H and O–H groups in total. The van der Waals surface area contributed by atoms with E-state index in [4.69, 9.17) is 4.74 Å². The minimum absolute atomic E-state index is 0.118. The van der Waals surface area contributed by atoms with Crippen molar-refractivity contribution in [2.75, 3.05) is 62.3 Å². The third-order valence-electron chi connectivity index (χ3n) is 6.12. The molecule has 1 amide bonds. The molecule has 9 nitrogen and oxygen atoms in total. The number of nitro benzene ring substituents is 1. The zero-order valence-electron chi connectivity index (χ0n) is 19.8. The number of benzene rings is 2. The number of nitrogens with zero attached hydrogens (tertiary/aromatic N) is 5. The molecule has 0 unspecified atom stereocenters. The molecule has 0 aliphatic carbocycles. The van der Waals surface area contributed by atoms with Gasteiger partial charge in [0.2, 0.25) is 0 Å². The minimum atomic E-state index is -0.456. The number of ether oxygens (including phenoxy) is 1. The van der Waals surface area contributed by atoms with Gasteiger partial charge >= 0.3 is 0 Å². The van der Waals surface area contributed by atoms with Crippen molar-refractivity contribution >= 4 is 44.0 Å². The van der Waals surface area contributed by atoms with Crippen LogP contribution in [0.15, 0.2) is 36.4 Å². The summed E-state index contributed by atoms with van der Waals surface area (Å²) in [5.74, 6) is -0.753. The van der Waals surface area contributed by atoms with Gasteiger partial charge in [-0.3, -0.25) is 19.8 Å². The summed E-state index contributed by atoms with van der Waals surface area (Å²) in [6.07, 6.45) is 0. The van der Waals surface area contributed by atoms with E-state index in [9.17, 15) is 19.3 Å². The summed E-state index contributed by atoms with van der Waals surface area (Å²) in [6, 6.07) is 8.90. The van der Waals surface area contributed by atoms with Gasteiger partial charge in [0.1, 0.15) is 11.5 Å². The molecule has 2 heterocycles. The van der Waals surface area contributed by atoms with Crippen LogP contribution in [-0.4, -0.2) is 73.2 Å². The number of aromatic nitrogens is 1. The lowest BCUT2D eigenvalue weighted by atomic mass is 10.1. The van der Waals surface area contributed by atoms with E-state index < -0.39 is 4.92 Å². The Morgan fingerprint density at radius 2 is 1.91 bits per heavy atom. The molecule has 1 fully saturated rings. The number of morpholine rings is 1. The Hall–Kier alpha value is -3.15. The van der Waals surface area contributed by atoms with E-state index in [-0.39, 0.29) is 23.0 Å². The highest BCUT2D eigenvalue weighted by Gasteiger charge is 2.27. The van der Waals surface area contributed by atoms with Crippen molar-refractivity contribution in [2.24, 2.45) is 0 Å². The number of thiazole rings is 1. The molecule has 3 aromatic rings. The third kappa shape index (κ3) is 5.58. The number of rotatable bonds is 9. The van der Waals surface area contributed by atoms with Crippen molar-refractivity contribution in [2.45, 2.75) is 13.8 Å². The number of hydrogen-bond acceptors (Lipinski definition) is 8. The number of carbonyl (C=O) groups is 1. The molecule has 0 bridgehead atoms. The first-order valence-corrected chi connectivity index (χ1v) is 12.4. The summed E-state index contributed by atoms with van der Waals surface area (Å²) in [4.78, 5) is 35.3. The van der Waals surface area contributed by atoms with Gasteiger partial charge in [-0.05, 0) is 43.4 Å². The molecule has 1 saturated heterocycles. The van der Waals surface area contributed by atoms with Gasteiger partial charge in [0.15, 0.2) is 5.13 Å². The number of amides is 1. The van der Waals surface area contributed by atoms with Gasteiger partial charge in [-0.15, -0.1) is 0 Å². The van der Waals surface area contributed by atoms with Gasteiger partial charge < -0.3 is 14.5 Å². The second-order valence-electron chi connectivity index (χ2n) is 8.15. The number of halogens is 1. The number of fused-ring (bicyclic) bond motifs is 1. The van der Waals surface area contributed by atoms with Gasteiger partial charge in [0.05, 0.1) is 28.4 Å². The summed E-state index contributed by atoms with van der Waals surface area (Å²) in [5, 5.41) is 12.3. The maximum atomic E-state index is 13.7. The van der Waals surface area contributed by atoms with Gasteiger partial charge in [0, 0.05) is 37.8 Å². The molecule has 0 radical (unpaired) electrons. The molecule has 0 atom stereocenters. The lowest BCUT2D eigenvalue weighted by Gasteiger charge is -2.29. The highest BCUT2D eigenvalue weighted by atomic mass is 32.1. The Morgan fingerprint density at radius 1 is 1.17 bits per heavy atom. The maximum Gasteiger partial charge on any atom is 0.293 e. The first-order valence-electron chi connectivity index (χ1n) is 11.6. The Bertz CT molecular complexity index is 1210. The van der Waals surface area contributed by atoms with Crippen LogP contribution in [0.5, 0.6) is 0 Å². The van der Waals surface area contributed by atoms with Crippen molar-refractivity contribution in [1.29, 1.82) is 0 Å². The van der Waals surface area contributed by atoms with Crippen molar-refractivity contribution in [3.63, 3.8) is 0 Å². The molecule has 11 heteroatoms. The monoisotopic (exact) mass is 501 g/mol. The average Bonchev–Trinajstić information content (AvgIpc) is 3.29. The highest BCUT2D eigenvalue weighted by Crippen LogP contribution is 2.33. The van der Waals surface area contributed by atoms with Gasteiger partial charge in [-0.1, -0.05) is 25.2 Å². The van der Waals surface area contributed by atoms with Crippen molar-refractivity contribution in [1.82, 2.24) is 9.88 Å². The Morgan fingerprint density at radius 3 is 2.60 bits per heavy atom. The zero-order chi connectivity index (χ0) is 24.9. The summed E-state index contributed by atoms with van der Waals surface area (Å²) >= 11 is 1.23. The van der Waals surface area contributed by atoms with Crippen LogP contribution in [0.3, 0.4) is 0 Å². The van der Waals surface area contributed by atoms with E-state index in [2.05, 4.69) is 9.88 Å². The quantitative estimate of drug-likeness (QED) is 0.321. The predicted molar refractivity (Wildman–Crippen MR) is 135 cm³/mol. The summed E-state index contributed by atoms with van der Waals surface area (Å²) in [6.45, 7) is 8.78. The number of hydrogen-bond donors (Lipinski definition) is 0. The summed E-state index contributed by atoms with van der Waals surface area (Å²) in [5.41, 5.74) is 1.16.